The number of nitrogens with one attached hydrogen (secondary N) is 4. The van der Waals surface area contributed by atoms with Gasteiger partial charge in [0, 0.05) is 125 Å². The molecule has 4 N–H and O–H groups in total. The van der Waals surface area contributed by atoms with Gasteiger partial charge < -0.3 is 34.9 Å². The van der Waals surface area contributed by atoms with Gasteiger partial charge in [0.05, 0.1) is 29.5 Å². The van der Waals surface area contributed by atoms with Crippen LogP contribution in [0.5, 0.6) is 0 Å². The maximum atomic E-state index is 13.8. The SMILES string of the molecule is CN1CCC(CN(C)C(=O)c2cc3cc(Nc4nccc(-c5ccc(-[n+]6ccc(-c7ccccn7)nc6Nc6ccc7[nH]c(C(=O)N8CCN(CCN9CCN(C)CC9)CC8)cc7c6)cn5)n4)ccc3[nH]2)CC1. The predicted molar refractivity (Wildman–Crippen MR) is 284 cm³/mol. The number of hydrogen-bond acceptors (Lipinski definition) is 13. The molecule has 18 heteroatoms. The van der Waals surface area contributed by atoms with E-state index in [1.54, 1.807) is 18.6 Å². The molecular formula is C55H63N16O2+. The first kappa shape index (κ1) is 47.7. The first-order valence-corrected chi connectivity index (χ1v) is 25.4. The number of likely N-dealkylation sites (tertiary alicyclic amines) is 1. The van der Waals surface area contributed by atoms with E-state index in [2.05, 4.69) is 64.3 Å². The van der Waals surface area contributed by atoms with E-state index < -0.39 is 0 Å². The van der Waals surface area contributed by atoms with Crippen molar-refractivity contribution in [1.29, 1.82) is 0 Å². The number of anilines is 4. The van der Waals surface area contributed by atoms with Crippen LogP contribution in [-0.4, -0.2) is 182 Å². The van der Waals surface area contributed by atoms with E-state index >= 15 is 0 Å². The number of likely N-dealkylation sites (N-methyl/N-ethyl adjacent to an activating group) is 1. The molecule has 6 aromatic heterocycles. The molecule has 0 aliphatic carbocycles. The minimum absolute atomic E-state index is 0.00630. The Balaban J connectivity index is 0.763. The lowest BCUT2D eigenvalue weighted by Crippen LogP contribution is -2.52. The van der Waals surface area contributed by atoms with Crippen molar-refractivity contribution in [3.63, 3.8) is 0 Å². The first-order valence-electron chi connectivity index (χ1n) is 25.4. The number of H-pyrrole nitrogens is 2. The van der Waals surface area contributed by atoms with Gasteiger partial charge in [-0.2, -0.15) is 0 Å². The standard InChI is InChI=1S/C55H62N16O2/c1-65-19-14-38(15-20-65)37-67(3)52(72)50-34-39-32-41(7-10-44(39)61-50)59-54-57-18-13-48(63-54)47-12-9-43(36-58-47)71-21-16-49(46-6-4-5-17-56-46)64-55(71)60-42-8-11-45-40(33-42)35-51(62-45)53(73)70-30-28-69(29-31-70)27-26-68-24-22-66(2)23-25-68/h4-13,16-18,21,32-36,38H,14-15,19-20,22-31,37H2,1-3H3,(H3,56,57,58,59,60,61,62,63,64,72,73)/p+1. The van der Waals surface area contributed by atoms with E-state index in [4.69, 9.17) is 15.0 Å². The quantitative estimate of drug-likeness (QED) is 0.0916. The van der Waals surface area contributed by atoms with E-state index in [-0.39, 0.29) is 11.8 Å². The Bertz CT molecular complexity index is 3210. The highest BCUT2D eigenvalue weighted by atomic mass is 16.2. The summed E-state index contributed by atoms with van der Waals surface area (Å²) in [5, 5.41) is 8.74. The maximum absolute atomic E-state index is 13.8. The lowest BCUT2D eigenvalue weighted by Gasteiger charge is -2.37. The van der Waals surface area contributed by atoms with Crippen molar-refractivity contribution >= 4 is 56.9 Å². The minimum Gasteiger partial charge on any atom is -0.351 e. The summed E-state index contributed by atoms with van der Waals surface area (Å²) in [6.07, 6.45) is 9.43. The molecule has 3 aliphatic heterocycles. The Morgan fingerprint density at radius 1 is 0.644 bits per heavy atom. The molecule has 0 bridgehead atoms. The largest absolute Gasteiger partial charge is 0.402 e. The first-order chi connectivity index (χ1) is 35.6. The number of carbonyl (C=O) groups is 2. The van der Waals surface area contributed by atoms with Crippen LogP contribution < -0.4 is 15.2 Å². The Hall–Kier alpha value is -7.64. The molecule has 0 unspecified atom stereocenters. The summed E-state index contributed by atoms with van der Waals surface area (Å²) in [6.45, 7) is 12.7. The van der Waals surface area contributed by atoms with Crippen LogP contribution in [0.15, 0.2) is 116 Å². The van der Waals surface area contributed by atoms with Crippen LogP contribution >= 0.6 is 0 Å². The van der Waals surface area contributed by atoms with Gasteiger partial charge >= 0.3 is 5.95 Å². The summed E-state index contributed by atoms with van der Waals surface area (Å²) < 4.78 is 1.95. The number of benzene rings is 2. The topological polar surface area (TPSA) is 178 Å². The summed E-state index contributed by atoms with van der Waals surface area (Å²) in [7, 11) is 6.23. The number of piperidine rings is 1. The molecule has 3 fully saturated rings. The molecule has 0 radical (unpaired) electrons. The zero-order valence-corrected chi connectivity index (χ0v) is 41.8. The van der Waals surface area contributed by atoms with Gasteiger partial charge in [-0.1, -0.05) is 11.1 Å². The fraction of sp³-hybridized carbons (Fsp3) is 0.345. The fourth-order valence-corrected chi connectivity index (χ4v) is 10.1. The summed E-state index contributed by atoms with van der Waals surface area (Å²) in [5.74, 6) is 1.51. The normalized spacial score (nSPS) is 16.6. The van der Waals surface area contributed by atoms with E-state index in [0.717, 1.165) is 129 Å². The average molecular weight is 980 g/mol. The number of rotatable bonds is 14. The molecule has 0 spiro atoms. The van der Waals surface area contributed by atoms with Crippen molar-refractivity contribution in [3.05, 3.63) is 127 Å². The van der Waals surface area contributed by atoms with Gasteiger partial charge in [0.25, 0.3) is 11.8 Å². The molecule has 2 amide bonds. The monoisotopic (exact) mass is 980 g/mol. The van der Waals surface area contributed by atoms with Gasteiger partial charge in [-0.25, -0.2) is 19.9 Å². The van der Waals surface area contributed by atoms with E-state index in [9.17, 15) is 9.59 Å². The fourth-order valence-electron chi connectivity index (χ4n) is 10.1. The lowest BCUT2D eigenvalue weighted by molar-refractivity contribution is -0.583. The third kappa shape index (κ3) is 11.1. The number of aromatic amines is 2. The van der Waals surface area contributed by atoms with Gasteiger partial charge in [-0.3, -0.25) is 29.4 Å². The Labute approximate surface area is 425 Å². The van der Waals surface area contributed by atoms with Gasteiger partial charge in [-0.15, -0.1) is 0 Å². The Morgan fingerprint density at radius 2 is 1.30 bits per heavy atom. The van der Waals surface area contributed by atoms with E-state index in [1.165, 1.54) is 0 Å². The second-order valence-corrected chi connectivity index (χ2v) is 19.8. The van der Waals surface area contributed by atoms with Crippen LogP contribution in [-0.2, 0) is 0 Å². The van der Waals surface area contributed by atoms with Crippen LogP contribution in [0.2, 0.25) is 0 Å². The van der Waals surface area contributed by atoms with Gasteiger partial charge in [-0.05, 0) is 125 Å². The molecule has 11 rings (SSSR count). The summed E-state index contributed by atoms with van der Waals surface area (Å²) in [5.41, 5.74) is 8.07. The van der Waals surface area contributed by atoms with Gasteiger partial charge in [0.1, 0.15) is 22.8 Å². The van der Waals surface area contributed by atoms with Gasteiger partial charge in [0.15, 0.2) is 5.69 Å². The number of carbonyl (C=O) groups excluding carboxylic acids is 2. The molecule has 73 heavy (non-hydrogen) atoms. The predicted octanol–water partition coefficient (Wildman–Crippen LogP) is 6.14. The van der Waals surface area contributed by atoms with Crippen molar-refractivity contribution in [1.82, 2.24) is 64.3 Å². The van der Waals surface area contributed by atoms with Crippen LogP contribution in [0.25, 0.3) is 50.3 Å². The van der Waals surface area contributed by atoms with E-state index in [0.29, 0.717) is 59.4 Å². The summed E-state index contributed by atoms with van der Waals surface area (Å²) in [4.78, 5) is 71.3. The molecule has 8 aromatic rings. The number of nitrogens with zero attached hydrogens (tertiary/aromatic N) is 12. The third-order valence-electron chi connectivity index (χ3n) is 14.6. The van der Waals surface area contributed by atoms with Crippen LogP contribution in [0.1, 0.15) is 33.8 Å². The molecule has 374 valence electrons. The minimum atomic E-state index is -0.00630. The highest BCUT2D eigenvalue weighted by Crippen LogP contribution is 2.27. The second-order valence-electron chi connectivity index (χ2n) is 19.8. The van der Waals surface area contributed by atoms with Crippen molar-refractivity contribution < 1.29 is 14.2 Å². The molecule has 2 aromatic carbocycles. The van der Waals surface area contributed by atoms with Crippen LogP contribution in [0.4, 0.5) is 23.3 Å². The van der Waals surface area contributed by atoms with Crippen molar-refractivity contribution in [2.75, 3.05) is 117 Å². The number of fused-ring (bicyclic) bond motifs is 2. The summed E-state index contributed by atoms with van der Waals surface area (Å²) >= 11 is 0. The third-order valence-corrected chi connectivity index (χ3v) is 14.6. The van der Waals surface area contributed by atoms with Crippen molar-refractivity contribution in [3.8, 4) is 28.5 Å². The van der Waals surface area contributed by atoms with Crippen LogP contribution in [0, 0.1) is 5.92 Å². The molecule has 9 heterocycles. The Morgan fingerprint density at radius 3 is 2.00 bits per heavy atom. The maximum Gasteiger partial charge on any atom is 0.402 e. The lowest BCUT2D eigenvalue weighted by atomic mass is 9.96. The highest BCUT2D eigenvalue weighted by molar-refractivity contribution is 5.99. The second kappa shape index (κ2) is 21.2. The number of piperazine rings is 2. The summed E-state index contributed by atoms with van der Waals surface area (Å²) in [6, 6.07) is 29.2. The molecular weight excluding hydrogens is 917 g/mol. The molecule has 3 aliphatic rings. The van der Waals surface area contributed by atoms with Crippen molar-refractivity contribution in [2.45, 2.75) is 12.8 Å². The zero-order valence-electron chi connectivity index (χ0n) is 41.8. The number of pyridine rings is 2. The van der Waals surface area contributed by atoms with Gasteiger partial charge in [0.2, 0.25) is 5.95 Å². The Kier molecular flexibility index (Phi) is 13.9. The molecule has 0 saturated carbocycles. The average Bonchev–Trinajstić information content (AvgIpc) is 4.06. The molecule has 3 saturated heterocycles. The number of hydrogen-bond donors (Lipinski definition) is 4. The van der Waals surface area contributed by atoms with Crippen molar-refractivity contribution in [2.24, 2.45) is 5.92 Å². The number of aromatic nitrogens is 8. The van der Waals surface area contributed by atoms with Crippen LogP contribution in [0.3, 0.4) is 0 Å². The zero-order chi connectivity index (χ0) is 49.8. The molecule has 0 atom stereocenters. The van der Waals surface area contributed by atoms with E-state index in [1.807, 2.05) is 119 Å². The highest BCUT2D eigenvalue weighted by Gasteiger charge is 2.26. The smallest absolute Gasteiger partial charge is 0.351 e. The molecule has 18 nitrogen and oxygen atoms in total. The number of amides is 2.